The van der Waals surface area contributed by atoms with Gasteiger partial charge < -0.3 is 5.73 Å². The number of aromatic nitrogens is 1. The number of thiazole rings is 1. The second-order valence-corrected chi connectivity index (χ2v) is 5.34. The third kappa shape index (κ3) is 3.03. The Morgan fingerprint density at radius 1 is 1.53 bits per heavy atom. The third-order valence-corrected chi connectivity index (χ3v) is 3.49. The van der Waals surface area contributed by atoms with Crippen molar-refractivity contribution in [3.05, 3.63) is 50.7 Å². The lowest BCUT2D eigenvalue weighted by Gasteiger charge is -2.10. The SMILES string of the molecule is Cc1nc(C(N)Cc2cc(Cl)ccc2F)cs1. The summed E-state index contributed by atoms with van der Waals surface area (Å²) in [5.41, 5.74) is 7.32. The zero-order valence-corrected chi connectivity index (χ0v) is 10.9. The fourth-order valence-electron chi connectivity index (χ4n) is 1.59. The molecule has 0 spiro atoms. The lowest BCUT2D eigenvalue weighted by molar-refractivity contribution is 0.590. The Morgan fingerprint density at radius 2 is 2.29 bits per heavy atom. The van der Waals surface area contributed by atoms with E-state index in [0.717, 1.165) is 10.7 Å². The van der Waals surface area contributed by atoms with E-state index < -0.39 is 0 Å². The molecule has 2 nitrogen and oxygen atoms in total. The summed E-state index contributed by atoms with van der Waals surface area (Å²) in [4.78, 5) is 4.30. The Morgan fingerprint density at radius 3 is 2.94 bits per heavy atom. The molecule has 0 saturated heterocycles. The van der Waals surface area contributed by atoms with Gasteiger partial charge in [-0.2, -0.15) is 0 Å². The monoisotopic (exact) mass is 270 g/mol. The van der Waals surface area contributed by atoms with Gasteiger partial charge in [-0.15, -0.1) is 11.3 Å². The molecule has 0 aliphatic heterocycles. The van der Waals surface area contributed by atoms with Crippen molar-refractivity contribution in [1.82, 2.24) is 4.98 Å². The average Bonchev–Trinajstić information content (AvgIpc) is 2.70. The topological polar surface area (TPSA) is 38.9 Å². The summed E-state index contributed by atoms with van der Waals surface area (Å²) < 4.78 is 13.5. The second-order valence-electron chi connectivity index (χ2n) is 3.84. The van der Waals surface area contributed by atoms with Crippen LogP contribution in [0.1, 0.15) is 22.3 Å². The summed E-state index contributed by atoms with van der Waals surface area (Å²) in [6.45, 7) is 1.92. The first-order valence-electron chi connectivity index (χ1n) is 5.18. The molecule has 2 rings (SSSR count). The summed E-state index contributed by atoms with van der Waals surface area (Å²) >= 11 is 7.37. The van der Waals surface area contributed by atoms with E-state index in [4.69, 9.17) is 17.3 Å². The van der Waals surface area contributed by atoms with Crippen LogP contribution in [-0.2, 0) is 6.42 Å². The Bertz CT molecular complexity index is 527. The van der Waals surface area contributed by atoms with Crippen molar-refractivity contribution in [1.29, 1.82) is 0 Å². The van der Waals surface area contributed by atoms with Crippen LogP contribution < -0.4 is 5.73 Å². The minimum Gasteiger partial charge on any atom is -0.322 e. The van der Waals surface area contributed by atoms with Crippen molar-refractivity contribution in [3.8, 4) is 0 Å². The lowest BCUT2D eigenvalue weighted by atomic mass is 10.0. The van der Waals surface area contributed by atoms with Crippen LogP contribution in [0, 0.1) is 12.7 Å². The zero-order chi connectivity index (χ0) is 12.4. The van der Waals surface area contributed by atoms with Crippen LogP contribution in [0.2, 0.25) is 5.02 Å². The fraction of sp³-hybridized carbons (Fsp3) is 0.250. The lowest BCUT2D eigenvalue weighted by Crippen LogP contribution is -2.14. The second kappa shape index (κ2) is 5.12. The molecule has 0 aliphatic carbocycles. The van der Waals surface area contributed by atoms with Gasteiger partial charge in [0.05, 0.1) is 16.7 Å². The van der Waals surface area contributed by atoms with E-state index in [1.54, 1.807) is 6.07 Å². The smallest absolute Gasteiger partial charge is 0.126 e. The van der Waals surface area contributed by atoms with Gasteiger partial charge in [0, 0.05) is 10.4 Å². The summed E-state index contributed by atoms with van der Waals surface area (Å²) in [7, 11) is 0. The first-order valence-corrected chi connectivity index (χ1v) is 6.43. The highest BCUT2D eigenvalue weighted by Gasteiger charge is 2.13. The van der Waals surface area contributed by atoms with Gasteiger partial charge in [0.1, 0.15) is 5.82 Å². The normalized spacial score (nSPS) is 12.7. The van der Waals surface area contributed by atoms with Gasteiger partial charge >= 0.3 is 0 Å². The zero-order valence-electron chi connectivity index (χ0n) is 9.28. The number of hydrogen-bond acceptors (Lipinski definition) is 3. The van der Waals surface area contributed by atoms with Crippen LogP contribution in [0.25, 0.3) is 0 Å². The van der Waals surface area contributed by atoms with Gasteiger partial charge in [-0.05, 0) is 37.1 Å². The van der Waals surface area contributed by atoms with E-state index in [1.807, 2.05) is 12.3 Å². The van der Waals surface area contributed by atoms with Crippen LogP contribution in [0.5, 0.6) is 0 Å². The molecule has 0 aliphatic rings. The molecule has 2 N–H and O–H groups in total. The number of nitrogens with two attached hydrogens (primary N) is 1. The molecule has 1 atom stereocenters. The van der Waals surface area contributed by atoms with Crippen molar-refractivity contribution in [2.45, 2.75) is 19.4 Å². The Kier molecular flexibility index (Phi) is 3.76. The molecule has 1 unspecified atom stereocenters. The highest BCUT2D eigenvalue weighted by Crippen LogP contribution is 2.22. The molecule has 90 valence electrons. The number of aryl methyl sites for hydroxylation is 1. The largest absolute Gasteiger partial charge is 0.322 e. The van der Waals surface area contributed by atoms with Crippen molar-refractivity contribution >= 4 is 22.9 Å². The molecule has 0 saturated carbocycles. The van der Waals surface area contributed by atoms with Gasteiger partial charge in [0.25, 0.3) is 0 Å². The first-order chi connectivity index (χ1) is 8.06. The number of halogens is 2. The molecule has 1 aromatic heterocycles. The van der Waals surface area contributed by atoms with Crippen LogP contribution in [0.3, 0.4) is 0 Å². The minimum absolute atomic E-state index is 0.281. The van der Waals surface area contributed by atoms with E-state index in [9.17, 15) is 4.39 Å². The van der Waals surface area contributed by atoms with E-state index in [0.29, 0.717) is 17.0 Å². The molecule has 1 aromatic carbocycles. The maximum absolute atomic E-state index is 13.5. The average molecular weight is 271 g/mol. The molecular weight excluding hydrogens is 259 g/mol. The van der Waals surface area contributed by atoms with Gasteiger partial charge in [-0.3, -0.25) is 0 Å². The van der Waals surface area contributed by atoms with Crippen LogP contribution >= 0.6 is 22.9 Å². The molecule has 0 amide bonds. The van der Waals surface area contributed by atoms with Gasteiger partial charge in [-0.1, -0.05) is 11.6 Å². The Labute approximate surface area is 108 Å². The maximum Gasteiger partial charge on any atom is 0.126 e. The van der Waals surface area contributed by atoms with Crippen LogP contribution in [-0.4, -0.2) is 4.98 Å². The summed E-state index contributed by atoms with van der Waals surface area (Å²) in [5, 5.41) is 3.38. The van der Waals surface area contributed by atoms with Gasteiger partial charge in [0.15, 0.2) is 0 Å². The number of hydrogen-bond donors (Lipinski definition) is 1. The predicted octanol–water partition coefficient (Wildman–Crippen LogP) is 3.49. The standard InChI is InChI=1S/C12H12ClFN2S/c1-7-16-12(6-17-7)11(15)5-8-4-9(13)2-3-10(8)14/h2-4,6,11H,5,15H2,1H3. The molecule has 0 bridgehead atoms. The minimum atomic E-state index is -0.298. The Hall–Kier alpha value is -0.970. The van der Waals surface area contributed by atoms with Crippen molar-refractivity contribution in [2.75, 3.05) is 0 Å². The van der Waals surface area contributed by atoms with Crippen molar-refractivity contribution < 1.29 is 4.39 Å². The molecule has 0 fully saturated rings. The highest BCUT2D eigenvalue weighted by molar-refractivity contribution is 7.09. The predicted molar refractivity (Wildman–Crippen MR) is 68.9 cm³/mol. The number of benzene rings is 1. The van der Waals surface area contributed by atoms with E-state index in [-0.39, 0.29) is 11.9 Å². The molecule has 1 heterocycles. The van der Waals surface area contributed by atoms with Gasteiger partial charge in [-0.25, -0.2) is 9.37 Å². The molecule has 2 aromatic rings. The summed E-state index contributed by atoms with van der Waals surface area (Å²) in [6.07, 6.45) is 0.398. The van der Waals surface area contributed by atoms with E-state index in [2.05, 4.69) is 4.98 Å². The number of rotatable bonds is 3. The quantitative estimate of drug-likeness (QED) is 0.927. The maximum atomic E-state index is 13.5. The summed E-state index contributed by atoms with van der Waals surface area (Å²) in [5.74, 6) is -0.281. The van der Waals surface area contributed by atoms with Crippen molar-refractivity contribution in [3.63, 3.8) is 0 Å². The van der Waals surface area contributed by atoms with Crippen LogP contribution in [0.15, 0.2) is 23.6 Å². The summed E-state index contributed by atoms with van der Waals surface area (Å²) in [6, 6.07) is 4.19. The molecule has 5 heteroatoms. The first kappa shape index (κ1) is 12.5. The van der Waals surface area contributed by atoms with E-state index in [1.165, 1.54) is 23.5 Å². The molecule has 17 heavy (non-hydrogen) atoms. The van der Waals surface area contributed by atoms with Crippen molar-refractivity contribution in [2.24, 2.45) is 5.73 Å². The molecular formula is C12H12ClFN2S. The Balaban J connectivity index is 2.18. The third-order valence-electron chi connectivity index (χ3n) is 2.46. The van der Waals surface area contributed by atoms with Gasteiger partial charge in [0.2, 0.25) is 0 Å². The fourth-order valence-corrected chi connectivity index (χ4v) is 2.46. The highest BCUT2D eigenvalue weighted by atomic mass is 35.5. The molecule has 0 radical (unpaired) electrons. The van der Waals surface area contributed by atoms with E-state index >= 15 is 0 Å². The van der Waals surface area contributed by atoms with Crippen LogP contribution in [0.4, 0.5) is 4.39 Å². The number of nitrogens with zero attached hydrogens (tertiary/aromatic N) is 1.